The molecule has 72 heavy (non-hydrogen) atoms. The van der Waals surface area contributed by atoms with Crippen molar-refractivity contribution in [1.29, 1.82) is 0 Å². The standard InChI is InChI=1S/C53H61N9O9S/c1-28(2)45(58-51(65)68-4)48(63)60-18-6-8-38(60)46-54-26-35(56-46)31-12-13-37-33(23-31)24-40-44-29(3)22-32(25-41(44)71-49(62(37)40)43-15-14-42(72-43)30-10-11-30)36-27-55-47(57-36)39-9-7-19-61(39)50(64)53(67,59-52(66)69-5)34-16-20-70-21-17-34/h12-15,22-28,30,34,38-39,45,49,67H,6-11,16-21H2,1-5H3,(H,54,56)(H,55,57)(H,58,65)(H,59,66)/t38-,39-,45-,49?,53-/m0/s1. The van der Waals surface area contributed by atoms with E-state index in [9.17, 15) is 24.3 Å². The van der Waals surface area contributed by atoms with Crippen LogP contribution in [0.1, 0.15) is 116 Å². The zero-order chi connectivity index (χ0) is 50.0. The van der Waals surface area contributed by atoms with Crippen LogP contribution >= 0.6 is 11.3 Å². The first-order chi connectivity index (χ1) is 34.8. The van der Waals surface area contributed by atoms with Crippen LogP contribution in [0.2, 0.25) is 0 Å². The van der Waals surface area contributed by atoms with Crippen molar-refractivity contribution in [1.82, 2.24) is 44.9 Å². The number of aromatic nitrogens is 5. The number of aliphatic hydroxyl groups is 1. The van der Waals surface area contributed by atoms with E-state index in [4.69, 9.17) is 28.9 Å². The number of amides is 4. The monoisotopic (exact) mass is 999 g/mol. The Morgan fingerprint density at radius 1 is 0.819 bits per heavy atom. The van der Waals surface area contributed by atoms with Gasteiger partial charge in [-0.1, -0.05) is 19.9 Å². The van der Waals surface area contributed by atoms with Gasteiger partial charge in [0.25, 0.3) is 5.91 Å². The fourth-order valence-electron chi connectivity index (χ4n) is 11.3. The molecule has 5 aliphatic rings. The number of alkyl carbamates (subject to hydrolysis) is 2. The van der Waals surface area contributed by atoms with Gasteiger partial charge in [0.05, 0.1) is 66.2 Å². The molecule has 2 aromatic carbocycles. The lowest BCUT2D eigenvalue weighted by molar-refractivity contribution is -0.167. The van der Waals surface area contributed by atoms with E-state index in [2.05, 4.69) is 80.6 Å². The average molecular weight is 1000 g/mol. The zero-order valence-corrected chi connectivity index (χ0v) is 42.0. The van der Waals surface area contributed by atoms with Crippen molar-refractivity contribution in [2.45, 2.75) is 108 Å². The van der Waals surface area contributed by atoms with Gasteiger partial charge in [0.2, 0.25) is 17.9 Å². The topological polar surface area (TPSA) is 218 Å². The quantitative estimate of drug-likeness (QED) is 0.0733. The second-order valence-corrected chi connectivity index (χ2v) is 21.3. The number of methoxy groups -OCH3 is 2. The number of benzene rings is 2. The van der Waals surface area contributed by atoms with E-state index >= 15 is 0 Å². The Kier molecular flexibility index (Phi) is 12.6. The van der Waals surface area contributed by atoms with E-state index in [1.54, 1.807) is 11.1 Å². The number of fused-ring (bicyclic) bond motifs is 5. The molecule has 6 aromatic rings. The predicted molar refractivity (Wildman–Crippen MR) is 268 cm³/mol. The van der Waals surface area contributed by atoms with Gasteiger partial charge in [0, 0.05) is 59.2 Å². The molecular weight excluding hydrogens is 939 g/mol. The van der Waals surface area contributed by atoms with Gasteiger partial charge >= 0.3 is 12.2 Å². The third-order valence-electron chi connectivity index (χ3n) is 15.2. The van der Waals surface area contributed by atoms with E-state index in [1.807, 2.05) is 36.3 Å². The number of hydrogen-bond donors (Lipinski definition) is 5. The summed E-state index contributed by atoms with van der Waals surface area (Å²) in [6, 6.07) is 15.9. The maximum atomic E-state index is 14.4. The summed E-state index contributed by atoms with van der Waals surface area (Å²) in [6.07, 6.45) is 7.78. The molecule has 4 amide bonds. The summed E-state index contributed by atoms with van der Waals surface area (Å²) < 4.78 is 24.6. The van der Waals surface area contributed by atoms with Gasteiger partial charge < -0.3 is 49.1 Å². The molecule has 4 aliphatic heterocycles. The number of likely N-dealkylation sites (tertiary alicyclic amines) is 2. The molecule has 0 radical (unpaired) electrons. The molecule has 19 heteroatoms. The maximum Gasteiger partial charge on any atom is 0.409 e. The van der Waals surface area contributed by atoms with Crippen LogP contribution in [-0.2, 0) is 23.8 Å². The number of rotatable bonds is 12. The fraction of sp³-hybridized carbons (Fsp3) is 0.472. The van der Waals surface area contributed by atoms with E-state index in [1.165, 1.54) is 31.9 Å². The molecule has 4 fully saturated rings. The number of aryl methyl sites for hydroxylation is 1. The minimum atomic E-state index is -2.17. The van der Waals surface area contributed by atoms with Gasteiger partial charge in [-0.3, -0.25) is 19.5 Å². The van der Waals surface area contributed by atoms with Crippen molar-refractivity contribution < 1.29 is 43.2 Å². The first-order valence-corrected chi connectivity index (χ1v) is 25.9. The number of carbonyl (C=O) groups is 4. The summed E-state index contributed by atoms with van der Waals surface area (Å²) in [6.45, 7) is 7.61. The molecule has 1 aliphatic carbocycles. The van der Waals surface area contributed by atoms with Crippen LogP contribution in [0.4, 0.5) is 9.59 Å². The summed E-state index contributed by atoms with van der Waals surface area (Å²) in [5.41, 5.74) is 5.31. The molecule has 0 spiro atoms. The van der Waals surface area contributed by atoms with Crippen LogP contribution in [-0.4, -0.2) is 116 Å². The highest BCUT2D eigenvalue weighted by Gasteiger charge is 2.51. The molecule has 18 nitrogen and oxygen atoms in total. The molecule has 8 heterocycles. The summed E-state index contributed by atoms with van der Waals surface area (Å²) in [5, 5.41) is 18.2. The lowest BCUT2D eigenvalue weighted by Crippen LogP contribution is -2.64. The van der Waals surface area contributed by atoms with Gasteiger partial charge in [-0.2, -0.15) is 0 Å². The molecule has 3 saturated heterocycles. The maximum absolute atomic E-state index is 14.4. The van der Waals surface area contributed by atoms with E-state index in [0.717, 1.165) is 73.7 Å². The van der Waals surface area contributed by atoms with Gasteiger partial charge in [0.1, 0.15) is 23.4 Å². The molecule has 0 bridgehead atoms. The van der Waals surface area contributed by atoms with Gasteiger partial charge in [-0.05, 0) is 118 Å². The number of aromatic amines is 2. The molecule has 378 valence electrons. The average Bonchev–Trinajstić information content (AvgIpc) is 4.12. The minimum Gasteiger partial charge on any atom is -0.464 e. The SMILES string of the molecule is COC(=O)N[C@H](C(=O)N1CCC[C@H]1c1ncc(-c2ccc3c(c2)cc2n3C(c3ccc(C4CC4)s3)Oc3cc(-c4cnc([C@@H]5CCCN5C(=O)[C@](O)(NC(=O)OC)C5CCOCC5)[nH]4)cc(C)c3-2)[nH]1)C(C)C. The van der Waals surface area contributed by atoms with Gasteiger partial charge in [-0.25, -0.2) is 19.6 Å². The number of nitrogens with zero attached hydrogens (tertiary/aromatic N) is 5. The second kappa shape index (κ2) is 19.0. The Hall–Kier alpha value is -6.70. The van der Waals surface area contributed by atoms with E-state index in [0.29, 0.717) is 69.6 Å². The molecular formula is C53H61N9O9S. The normalized spacial score (nSPS) is 21.2. The number of carbonyl (C=O) groups excluding carboxylic acids is 4. The van der Waals surface area contributed by atoms with Gasteiger partial charge in [0.15, 0.2) is 0 Å². The first-order valence-electron chi connectivity index (χ1n) is 25.1. The number of H-pyrrole nitrogens is 2. The van der Waals surface area contributed by atoms with E-state index < -0.39 is 48.0 Å². The second-order valence-electron chi connectivity index (χ2n) is 20.2. The molecule has 4 aromatic heterocycles. The Balaban J connectivity index is 0.900. The van der Waals surface area contributed by atoms with Crippen molar-refractivity contribution >= 4 is 46.2 Å². The first kappa shape index (κ1) is 47.6. The predicted octanol–water partition coefficient (Wildman–Crippen LogP) is 8.45. The van der Waals surface area contributed by atoms with Crippen molar-refractivity contribution in [2.24, 2.45) is 11.8 Å². The number of imidazole rings is 2. The van der Waals surface area contributed by atoms with Gasteiger partial charge in [-0.15, -0.1) is 11.3 Å². The third kappa shape index (κ3) is 8.57. The van der Waals surface area contributed by atoms with Crippen LogP contribution in [0, 0.1) is 18.8 Å². The van der Waals surface area contributed by atoms with Crippen LogP contribution < -0.4 is 15.4 Å². The number of ether oxygens (including phenoxy) is 4. The molecule has 1 unspecified atom stereocenters. The van der Waals surface area contributed by atoms with Crippen LogP contribution in [0.25, 0.3) is 44.7 Å². The van der Waals surface area contributed by atoms with Crippen LogP contribution in [0.3, 0.4) is 0 Å². The van der Waals surface area contributed by atoms with Crippen LogP contribution in [0.15, 0.2) is 60.9 Å². The largest absolute Gasteiger partial charge is 0.464 e. The van der Waals surface area contributed by atoms with E-state index in [-0.39, 0.29) is 17.9 Å². The Labute approximate surface area is 420 Å². The minimum absolute atomic E-state index is 0.135. The summed E-state index contributed by atoms with van der Waals surface area (Å²) >= 11 is 1.81. The Morgan fingerprint density at radius 2 is 1.49 bits per heavy atom. The third-order valence-corrected chi connectivity index (χ3v) is 16.5. The number of nitrogens with one attached hydrogen (secondary N) is 4. The fourth-order valence-corrected chi connectivity index (χ4v) is 12.5. The summed E-state index contributed by atoms with van der Waals surface area (Å²) in [4.78, 5) is 75.5. The van der Waals surface area contributed by atoms with Crippen molar-refractivity contribution in [2.75, 3.05) is 40.5 Å². The lowest BCUT2D eigenvalue weighted by atomic mass is 9.87. The van der Waals surface area contributed by atoms with Crippen LogP contribution in [0.5, 0.6) is 5.75 Å². The summed E-state index contributed by atoms with van der Waals surface area (Å²) in [7, 11) is 2.50. The molecule has 1 saturated carbocycles. The molecule has 5 atom stereocenters. The highest BCUT2D eigenvalue weighted by atomic mass is 32.1. The lowest BCUT2D eigenvalue weighted by Gasteiger charge is -2.40. The number of thiophene rings is 1. The highest BCUT2D eigenvalue weighted by molar-refractivity contribution is 7.12. The molecule has 11 rings (SSSR count). The van der Waals surface area contributed by atoms with Crippen molar-refractivity contribution in [3.8, 4) is 39.5 Å². The number of hydrogen-bond acceptors (Lipinski definition) is 12. The zero-order valence-electron chi connectivity index (χ0n) is 41.2. The summed E-state index contributed by atoms with van der Waals surface area (Å²) in [5.74, 6) is 1.20. The Morgan fingerprint density at radius 3 is 2.17 bits per heavy atom. The van der Waals surface area contributed by atoms with Crippen molar-refractivity contribution in [3.05, 3.63) is 87.9 Å². The van der Waals surface area contributed by atoms with Crippen molar-refractivity contribution in [3.63, 3.8) is 0 Å². The molecule has 5 N–H and O–H groups in total. The smallest absolute Gasteiger partial charge is 0.409 e. The Bertz CT molecular complexity index is 3060. The highest BCUT2D eigenvalue weighted by Crippen LogP contribution is 2.51.